The van der Waals surface area contributed by atoms with Crippen LogP contribution < -0.4 is 25.7 Å². The van der Waals surface area contributed by atoms with Crippen LogP contribution in [0.3, 0.4) is 0 Å². The van der Waals surface area contributed by atoms with Crippen molar-refractivity contribution < 1.29 is 14.3 Å². The van der Waals surface area contributed by atoms with E-state index in [1.54, 1.807) is 11.0 Å². The van der Waals surface area contributed by atoms with Crippen LogP contribution in [-0.4, -0.2) is 24.6 Å². The number of pyridine rings is 1. The van der Waals surface area contributed by atoms with E-state index in [1.165, 1.54) is 19.2 Å². The molecule has 0 aliphatic heterocycles. The number of para-hydroxylation sites is 2. The van der Waals surface area contributed by atoms with E-state index in [0.717, 1.165) is 0 Å². The topological polar surface area (TPSA) is 145 Å². The molecule has 0 bridgehead atoms. The van der Waals surface area contributed by atoms with Gasteiger partial charge in [0.1, 0.15) is 29.1 Å². The molecule has 0 aliphatic rings. The predicted octanol–water partition coefficient (Wildman–Crippen LogP) is 4.12. The van der Waals surface area contributed by atoms with Crippen LogP contribution in [0.25, 0.3) is 11.1 Å². The van der Waals surface area contributed by atoms with Crippen LogP contribution in [0.1, 0.15) is 11.1 Å². The summed E-state index contributed by atoms with van der Waals surface area (Å²) in [5.41, 5.74) is 6.63. The van der Waals surface area contributed by atoms with Crippen molar-refractivity contribution in [1.29, 1.82) is 10.5 Å². The van der Waals surface area contributed by atoms with Crippen molar-refractivity contribution in [2.24, 2.45) is 0 Å². The molecule has 0 radical (unpaired) electrons. The number of carbonyl (C=O) groups is 1. The van der Waals surface area contributed by atoms with Gasteiger partial charge in [0.05, 0.1) is 7.11 Å². The van der Waals surface area contributed by atoms with E-state index < -0.39 is 5.56 Å². The molecule has 1 amide bonds. The fraction of sp³-hybridized carbons (Fsp3) is 0.0714. The van der Waals surface area contributed by atoms with Gasteiger partial charge < -0.3 is 20.2 Å². The van der Waals surface area contributed by atoms with Gasteiger partial charge in [-0.25, -0.2) is 0 Å². The number of H-pyrrole nitrogens is 1. The predicted molar refractivity (Wildman–Crippen MR) is 138 cm³/mol. The van der Waals surface area contributed by atoms with E-state index in [1.807, 2.05) is 72.8 Å². The first-order valence-corrected chi connectivity index (χ1v) is 11.1. The molecule has 182 valence electrons. The molecule has 3 N–H and O–H groups in total. The van der Waals surface area contributed by atoms with E-state index in [2.05, 4.69) is 4.98 Å². The largest absolute Gasteiger partial charge is 0.493 e. The summed E-state index contributed by atoms with van der Waals surface area (Å²) in [5.74, 6) is 0.0381. The normalized spacial score (nSPS) is 10.1. The van der Waals surface area contributed by atoms with Gasteiger partial charge >= 0.3 is 0 Å². The molecule has 0 unspecified atom stereocenters. The van der Waals surface area contributed by atoms with Gasteiger partial charge in [-0.15, -0.1) is 0 Å². The lowest BCUT2D eigenvalue weighted by Crippen LogP contribution is -2.30. The maximum absolute atomic E-state index is 13.3. The van der Waals surface area contributed by atoms with Gasteiger partial charge in [-0.3, -0.25) is 14.5 Å². The molecule has 0 fully saturated rings. The molecule has 0 atom stereocenters. The van der Waals surface area contributed by atoms with Crippen molar-refractivity contribution in [3.63, 3.8) is 0 Å². The lowest BCUT2D eigenvalue weighted by Gasteiger charge is -2.23. The van der Waals surface area contributed by atoms with Gasteiger partial charge in [-0.2, -0.15) is 10.5 Å². The highest BCUT2D eigenvalue weighted by Crippen LogP contribution is 2.36. The van der Waals surface area contributed by atoms with Crippen molar-refractivity contribution in [1.82, 2.24) is 4.98 Å². The third-order valence-corrected chi connectivity index (χ3v) is 5.55. The second-order valence-corrected chi connectivity index (χ2v) is 7.77. The maximum Gasteiger partial charge on any atom is 0.269 e. The molecule has 1 heterocycles. The minimum absolute atomic E-state index is 0.0385. The molecule has 0 aliphatic carbocycles. The summed E-state index contributed by atoms with van der Waals surface area (Å²) in [6.07, 6.45) is 0. The third-order valence-electron chi connectivity index (χ3n) is 5.55. The summed E-state index contributed by atoms with van der Waals surface area (Å²) in [6.45, 7) is -0.301. The Kier molecular flexibility index (Phi) is 7.18. The average Bonchev–Trinajstić information content (AvgIpc) is 2.93. The molecule has 3 aromatic carbocycles. The first-order valence-electron chi connectivity index (χ1n) is 11.1. The molecule has 9 heteroatoms. The Morgan fingerprint density at radius 2 is 1.51 bits per heavy atom. The standard InChI is InChI=1S/C28H21N5O4/c1-36-24-14-18(26-21(15-29)27(31)32-28(35)22(26)16-30)12-13-23(24)37-17-25(34)33(19-8-4-2-5-9-19)20-10-6-3-7-11-20/h2-14H,17H2,1H3,(H3,31,32,35). The SMILES string of the molecule is COc1cc(-c2c(C#N)c(N)[nH]c(=O)c2C#N)ccc1OCC(=O)N(c1ccccc1)c1ccccc1. The number of nitrogen functional groups attached to an aromatic ring is 1. The third kappa shape index (κ3) is 4.97. The van der Waals surface area contributed by atoms with E-state index in [-0.39, 0.29) is 46.5 Å². The molecular weight excluding hydrogens is 470 g/mol. The molecule has 1 aromatic heterocycles. The number of rotatable bonds is 7. The number of amides is 1. The average molecular weight is 492 g/mol. The molecule has 4 rings (SSSR count). The molecule has 37 heavy (non-hydrogen) atoms. The van der Waals surface area contributed by atoms with Crippen LogP contribution in [0.5, 0.6) is 11.5 Å². The molecule has 0 saturated carbocycles. The van der Waals surface area contributed by atoms with Gasteiger partial charge in [-0.05, 0) is 42.0 Å². The number of benzene rings is 3. The van der Waals surface area contributed by atoms with Crippen molar-refractivity contribution in [2.45, 2.75) is 0 Å². The number of nitrogens with zero attached hydrogens (tertiary/aromatic N) is 3. The Bertz CT molecular complexity index is 1550. The molecular formula is C28H21N5O4. The van der Waals surface area contributed by atoms with Crippen LogP contribution in [-0.2, 0) is 4.79 Å². The highest BCUT2D eigenvalue weighted by Gasteiger charge is 2.22. The smallest absolute Gasteiger partial charge is 0.269 e. The maximum atomic E-state index is 13.3. The second kappa shape index (κ2) is 10.8. The van der Waals surface area contributed by atoms with E-state index in [4.69, 9.17) is 15.2 Å². The number of nitrogens with two attached hydrogens (primary N) is 1. The second-order valence-electron chi connectivity index (χ2n) is 7.77. The Balaban J connectivity index is 1.66. The van der Waals surface area contributed by atoms with Gasteiger partial charge in [0.2, 0.25) is 0 Å². The molecule has 0 saturated heterocycles. The quantitative estimate of drug-likeness (QED) is 0.395. The zero-order valence-electron chi connectivity index (χ0n) is 19.8. The number of carbonyl (C=O) groups excluding carboxylic acids is 1. The van der Waals surface area contributed by atoms with Crippen molar-refractivity contribution in [3.05, 3.63) is 100 Å². The van der Waals surface area contributed by atoms with Crippen molar-refractivity contribution in [3.8, 4) is 34.8 Å². The summed E-state index contributed by atoms with van der Waals surface area (Å²) in [4.78, 5) is 29.4. The summed E-state index contributed by atoms with van der Waals surface area (Å²) < 4.78 is 11.3. The fourth-order valence-electron chi connectivity index (χ4n) is 3.87. The molecule has 0 spiro atoms. The lowest BCUT2D eigenvalue weighted by atomic mass is 9.96. The number of nitriles is 2. The summed E-state index contributed by atoms with van der Waals surface area (Å²) in [7, 11) is 1.41. The number of hydrogen-bond acceptors (Lipinski definition) is 7. The summed E-state index contributed by atoms with van der Waals surface area (Å²) in [5, 5.41) is 19.1. The monoisotopic (exact) mass is 491 g/mol. The number of anilines is 3. The van der Waals surface area contributed by atoms with Crippen molar-refractivity contribution >= 4 is 23.1 Å². The number of aromatic amines is 1. The number of nitrogens with one attached hydrogen (secondary N) is 1. The van der Waals surface area contributed by atoms with E-state index >= 15 is 0 Å². The van der Waals surface area contributed by atoms with Crippen LogP contribution in [0, 0.1) is 22.7 Å². The van der Waals surface area contributed by atoms with Crippen LogP contribution in [0.2, 0.25) is 0 Å². The zero-order chi connectivity index (χ0) is 26.4. The lowest BCUT2D eigenvalue weighted by molar-refractivity contribution is -0.119. The highest BCUT2D eigenvalue weighted by atomic mass is 16.5. The van der Waals surface area contributed by atoms with Gasteiger partial charge in [0, 0.05) is 16.9 Å². The molecule has 4 aromatic rings. The summed E-state index contributed by atoms with van der Waals surface area (Å²) >= 11 is 0. The first kappa shape index (κ1) is 24.6. The fourth-order valence-corrected chi connectivity index (χ4v) is 3.87. The van der Waals surface area contributed by atoms with E-state index in [9.17, 15) is 20.1 Å². The Labute approximate surface area is 212 Å². The Morgan fingerprint density at radius 3 is 2.05 bits per heavy atom. The highest BCUT2D eigenvalue weighted by molar-refractivity contribution is 6.01. The zero-order valence-corrected chi connectivity index (χ0v) is 19.8. The van der Waals surface area contributed by atoms with E-state index in [0.29, 0.717) is 16.9 Å². The van der Waals surface area contributed by atoms with Gasteiger partial charge in [0.15, 0.2) is 18.1 Å². The minimum Gasteiger partial charge on any atom is -0.493 e. The van der Waals surface area contributed by atoms with Crippen LogP contribution >= 0.6 is 0 Å². The minimum atomic E-state index is -0.708. The van der Waals surface area contributed by atoms with Gasteiger partial charge in [-0.1, -0.05) is 42.5 Å². The van der Waals surface area contributed by atoms with Crippen molar-refractivity contribution in [2.75, 3.05) is 24.4 Å². The Morgan fingerprint density at radius 1 is 0.919 bits per heavy atom. The number of ether oxygens (including phenoxy) is 2. The first-order chi connectivity index (χ1) is 18.0. The van der Waals surface area contributed by atoms with Crippen LogP contribution in [0.15, 0.2) is 83.7 Å². The number of aromatic nitrogens is 1. The number of hydrogen-bond donors (Lipinski definition) is 2. The van der Waals surface area contributed by atoms with Crippen LogP contribution in [0.4, 0.5) is 17.2 Å². The molecule has 9 nitrogen and oxygen atoms in total. The number of methoxy groups -OCH3 is 1. The van der Waals surface area contributed by atoms with Gasteiger partial charge in [0.25, 0.3) is 11.5 Å². The summed E-state index contributed by atoms with van der Waals surface area (Å²) in [6, 6.07) is 26.8. The Hall–Kier alpha value is -5.54.